The van der Waals surface area contributed by atoms with Crippen LogP contribution in [0.25, 0.3) is 0 Å². The van der Waals surface area contributed by atoms with Gasteiger partial charge in [0.15, 0.2) is 0 Å². The van der Waals surface area contributed by atoms with Gasteiger partial charge in [-0.25, -0.2) is 0 Å². The van der Waals surface area contributed by atoms with E-state index in [0.29, 0.717) is 0 Å². The van der Waals surface area contributed by atoms with Crippen LogP contribution in [-0.2, 0) is 9.59 Å². The molecule has 120 valence electrons. The fraction of sp³-hybridized carbons (Fsp3) is 0.263. The zero-order valence-electron chi connectivity index (χ0n) is 13.7. The summed E-state index contributed by atoms with van der Waals surface area (Å²) in [6.45, 7) is 5.43. The molecule has 0 bridgehead atoms. The minimum Gasteiger partial charge on any atom is -0.327 e. The van der Waals surface area contributed by atoms with Crippen molar-refractivity contribution in [3.8, 4) is 0 Å². The molecule has 0 aliphatic heterocycles. The first-order valence-corrected chi connectivity index (χ1v) is 7.66. The third-order valence-electron chi connectivity index (χ3n) is 3.80. The second-order valence-corrected chi connectivity index (χ2v) is 5.65. The summed E-state index contributed by atoms with van der Waals surface area (Å²) in [6, 6.07) is 17.1. The van der Waals surface area contributed by atoms with Crippen molar-refractivity contribution >= 4 is 17.5 Å². The van der Waals surface area contributed by atoms with E-state index in [1.165, 1.54) is 6.92 Å². The number of carbonyl (C=O) groups excluding carboxylic acids is 2. The quantitative estimate of drug-likeness (QED) is 0.918. The molecule has 0 heterocycles. The standard InChI is InChI=1S/C19H22N2O2/c1-14-9-11-18(12-10-14)20-19(23)13-21(16(3)22)15(2)17-7-5-4-6-8-17/h4-12,15H,13H2,1-3H3,(H,20,23). The molecule has 1 unspecified atom stereocenters. The normalized spacial score (nSPS) is 11.6. The summed E-state index contributed by atoms with van der Waals surface area (Å²) in [5.74, 6) is -0.327. The Labute approximate surface area is 137 Å². The summed E-state index contributed by atoms with van der Waals surface area (Å²) < 4.78 is 0. The molecule has 0 aliphatic carbocycles. The van der Waals surface area contributed by atoms with Gasteiger partial charge in [0.25, 0.3) is 0 Å². The molecule has 2 aromatic rings. The third kappa shape index (κ3) is 4.68. The van der Waals surface area contributed by atoms with Crippen LogP contribution in [0.3, 0.4) is 0 Å². The fourth-order valence-corrected chi connectivity index (χ4v) is 2.42. The van der Waals surface area contributed by atoms with Crippen molar-refractivity contribution in [1.29, 1.82) is 0 Å². The molecular weight excluding hydrogens is 288 g/mol. The van der Waals surface area contributed by atoms with Gasteiger partial charge in [-0.3, -0.25) is 9.59 Å². The predicted molar refractivity (Wildman–Crippen MR) is 92.1 cm³/mol. The van der Waals surface area contributed by atoms with E-state index in [2.05, 4.69) is 5.32 Å². The van der Waals surface area contributed by atoms with Crippen molar-refractivity contribution in [3.05, 3.63) is 65.7 Å². The van der Waals surface area contributed by atoms with E-state index in [1.54, 1.807) is 4.90 Å². The summed E-state index contributed by atoms with van der Waals surface area (Å²) in [7, 11) is 0. The van der Waals surface area contributed by atoms with Crippen molar-refractivity contribution in [1.82, 2.24) is 4.90 Å². The van der Waals surface area contributed by atoms with Crippen LogP contribution in [0.5, 0.6) is 0 Å². The summed E-state index contributed by atoms with van der Waals surface area (Å²) >= 11 is 0. The van der Waals surface area contributed by atoms with Crippen LogP contribution in [0.1, 0.15) is 31.0 Å². The van der Waals surface area contributed by atoms with Gasteiger partial charge in [-0.15, -0.1) is 0 Å². The molecule has 0 aromatic heterocycles. The second-order valence-electron chi connectivity index (χ2n) is 5.65. The largest absolute Gasteiger partial charge is 0.327 e. The molecule has 0 saturated heterocycles. The highest BCUT2D eigenvalue weighted by Gasteiger charge is 2.21. The molecule has 0 aliphatic rings. The number of nitrogens with zero attached hydrogens (tertiary/aromatic N) is 1. The molecule has 0 saturated carbocycles. The maximum atomic E-state index is 12.2. The molecule has 4 nitrogen and oxygen atoms in total. The van der Waals surface area contributed by atoms with E-state index in [-0.39, 0.29) is 24.4 Å². The Kier molecular flexibility index (Phi) is 5.52. The Morgan fingerprint density at radius 3 is 2.22 bits per heavy atom. The molecule has 2 aromatic carbocycles. The van der Waals surface area contributed by atoms with E-state index in [4.69, 9.17) is 0 Å². The lowest BCUT2D eigenvalue weighted by Crippen LogP contribution is -2.38. The van der Waals surface area contributed by atoms with Gasteiger partial charge >= 0.3 is 0 Å². The Bertz CT molecular complexity index is 666. The van der Waals surface area contributed by atoms with Crippen molar-refractivity contribution in [2.75, 3.05) is 11.9 Å². The average Bonchev–Trinajstić information content (AvgIpc) is 2.55. The second kappa shape index (κ2) is 7.58. The number of hydrogen-bond acceptors (Lipinski definition) is 2. The molecule has 1 atom stereocenters. The average molecular weight is 310 g/mol. The zero-order chi connectivity index (χ0) is 16.8. The number of amides is 2. The zero-order valence-corrected chi connectivity index (χ0v) is 13.7. The van der Waals surface area contributed by atoms with Crippen molar-refractivity contribution in [3.63, 3.8) is 0 Å². The molecule has 2 amide bonds. The van der Waals surface area contributed by atoms with Crippen molar-refractivity contribution < 1.29 is 9.59 Å². The van der Waals surface area contributed by atoms with Crippen molar-refractivity contribution in [2.45, 2.75) is 26.8 Å². The number of hydrogen-bond donors (Lipinski definition) is 1. The molecule has 0 fully saturated rings. The van der Waals surface area contributed by atoms with E-state index >= 15 is 0 Å². The van der Waals surface area contributed by atoms with E-state index in [0.717, 1.165) is 16.8 Å². The Morgan fingerprint density at radius 2 is 1.65 bits per heavy atom. The van der Waals surface area contributed by atoms with Gasteiger partial charge in [0.2, 0.25) is 11.8 Å². The van der Waals surface area contributed by atoms with Crippen LogP contribution in [0, 0.1) is 6.92 Å². The topological polar surface area (TPSA) is 49.4 Å². The van der Waals surface area contributed by atoms with Crippen LogP contribution >= 0.6 is 0 Å². The number of carbonyl (C=O) groups is 2. The lowest BCUT2D eigenvalue weighted by atomic mass is 10.1. The summed E-state index contributed by atoms with van der Waals surface area (Å²) in [6.07, 6.45) is 0. The van der Waals surface area contributed by atoms with Gasteiger partial charge in [-0.1, -0.05) is 48.0 Å². The fourth-order valence-electron chi connectivity index (χ4n) is 2.42. The minimum atomic E-state index is -0.202. The van der Waals surface area contributed by atoms with Crippen LogP contribution in [0.15, 0.2) is 54.6 Å². The van der Waals surface area contributed by atoms with E-state index in [1.807, 2.05) is 68.4 Å². The third-order valence-corrected chi connectivity index (χ3v) is 3.80. The van der Waals surface area contributed by atoms with Crippen molar-refractivity contribution in [2.24, 2.45) is 0 Å². The molecule has 0 radical (unpaired) electrons. The Morgan fingerprint density at radius 1 is 1.04 bits per heavy atom. The van der Waals surface area contributed by atoms with Gasteiger partial charge < -0.3 is 10.2 Å². The van der Waals surface area contributed by atoms with Gasteiger partial charge in [-0.2, -0.15) is 0 Å². The number of nitrogens with one attached hydrogen (secondary N) is 1. The monoisotopic (exact) mass is 310 g/mol. The van der Waals surface area contributed by atoms with E-state index < -0.39 is 0 Å². The lowest BCUT2D eigenvalue weighted by Gasteiger charge is -2.28. The van der Waals surface area contributed by atoms with Gasteiger partial charge in [0.05, 0.1) is 6.04 Å². The first-order valence-electron chi connectivity index (χ1n) is 7.66. The van der Waals surface area contributed by atoms with Gasteiger partial charge in [-0.05, 0) is 31.5 Å². The molecule has 2 rings (SSSR count). The number of rotatable bonds is 5. The minimum absolute atomic E-state index is 0.0271. The molecular formula is C19H22N2O2. The maximum absolute atomic E-state index is 12.2. The van der Waals surface area contributed by atoms with Gasteiger partial charge in [0.1, 0.15) is 6.54 Å². The first kappa shape index (κ1) is 16.7. The highest BCUT2D eigenvalue weighted by atomic mass is 16.2. The predicted octanol–water partition coefficient (Wildman–Crippen LogP) is 3.54. The molecule has 4 heteroatoms. The van der Waals surface area contributed by atoms with Gasteiger partial charge in [0, 0.05) is 12.6 Å². The molecule has 0 spiro atoms. The highest BCUT2D eigenvalue weighted by molar-refractivity contribution is 5.94. The smallest absolute Gasteiger partial charge is 0.244 e. The lowest BCUT2D eigenvalue weighted by molar-refractivity contribution is -0.134. The highest BCUT2D eigenvalue weighted by Crippen LogP contribution is 2.20. The number of anilines is 1. The van der Waals surface area contributed by atoms with Crippen LogP contribution in [0.2, 0.25) is 0 Å². The number of aryl methyl sites for hydroxylation is 1. The Hall–Kier alpha value is -2.62. The summed E-state index contributed by atoms with van der Waals surface area (Å²) in [5.41, 5.74) is 2.87. The Balaban J connectivity index is 2.05. The van der Waals surface area contributed by atoms with E-state index in [9.17, 15) is 9.59 Å². The van der Waals surface area contributed by atoms with Crippen LogP contribution in [-0.4, -0.2) is 23.3 Å². The molecule has 23 heavy (non-hydrogen) atoms. The van der Waals surface area contributed by atoms with Crippen LogP contribution < -0.4 is 5.32 Å². The molecule has 1 N–H and O–H groups in total. The summed E-state index contributed by atoms with van der Waals surface area (Å²) in [4.78, 5) is 25.7. The first-order chi connectivity index (χ1) is 11.0. The maximum Gasteiger partial charge on any atom is 0.244 e. The number of benzene rings is 2. The van der Waals surface area contributed by atoms with Crippen LogP contribution in [0.4, 0.5) is 5.69 Å². The SMILES string of the molecule is CC(=O)N(CC(=O)Nc1ccc(C)cc1)C(C)c1ccccc1. The summed E-state index contributed by atoms with van der Waals surface area (Å²) in [5, 5.41) is 2.83.